The molecule has 1 fully saturated rings. The molecule has 2 heterocycles. The van der Waals surface area contributed by atoms with Gasteiger partial charge in [0.15, 0.2) is 0 Å². The van der Waals surface area contributed by atoms with E-state index in [0.29, 0.717) is 30.6 Å². The molecule has 0 bridgehead atoms. The summed E-state index contributed by atoms with van der Waals surface area (Å²) in [6, 6.07) is 1.32. The molecule has 1 atom stereocenters. The molecule has 0 radical (unpaired) electrons. The Morgan fingerprint density at radius 1 is 1.67 bits per heavy atom. The minimum atomic E-state index is -0.498. The normalized spacial score (nSPS) is 19.2. The van der Waals surface area contributed by atoms with E-state index in [1.54, 1.807) is 11.9 Å². The molecule has 1 amide bonds. The van der Waals surface area contributed by atoms with E-state index >= 15 is 0 Å². The van der Waals surface area contributed by atoms with Crippen molar-refractivity contribution in [3.63, 3.8) is 0 Å². The second-order valence-corrected chi connectivity index (χ2v) is 4.82. The summed E-state index contributed by atoms with van der Waals surface area (Å²) in [5.74, 6) is 0.695. The number of alkyl halides is 1. The Balaban J connectivity index is 2.16. The zero-order chi connectivity index (χ0) is 13.3. The first-order valence-corrected chi connectivity index (χ1v) is 6.22. The third-order valence-electron chi connectivity index (χ3n) is 3.21. The maximum Gasteiger partial charge on any atom is 0.287 e. The SMILES string of the molecule is Cn1cc([N+](=O)[O-])cc1C(=O)N1CCC(CCl)C1. The minimum Gasteiger partial charge on any atom is -0.340 e. The van der Waals surface area contributed by atoms with Crippen molar-refractivity contribution < 1.29 is 9.72 Å². The zero-order valence-corrected chi connectivity index (χ0v) is 10.8. The standard InChI is InChI=1S/C11H14ClN3O3/c1-13-7-9(15(17)18)4-10(13)11(16)14-3-2-8(5-12)6-14/h4,7-8H,2-3,5-6H2,1H3. The van der Waals surface area contributed by atoms with Gasteiger partial charge in [-0.3, -0.25) is 14.9 Å². The summed E-state index contributed by atoms with van der Waals surface area (Å²) in [6.45, 7) is 1.29. The van der Waals surface area contributed by atoms with Crippen molar-refractivity contribution in [2.75, 3.05) is 19.0 Å². The number of rotatable bonds is 3. The molecular formula is C11H14ClN3O3. The Morgan fingerprint density at radius 3 is 2.89 bits per heavy atom. The van der Waals surface area contributed by atoms with Crippen molar-refractivity contribution in [1.29, 1.82) is 0 Å². The highest BCUT2D eigenvalue weighted by Gasteiger charge is 2.28. The van der Waals surface area contributed by atoms with Crippen LogP contribution < -0.4 is 0 Å². The number of carbonyl (C=O) groups is 1. The molecule has 1 aromatic rings. The molecule has 98 valence electrons. The summed E-state index contributed by atoms with van der Waals surface area (Å²) in [5, 5.41) is 10.7. The third kappa shape index (κ3) is 2.33. The molecule has 0 spiro atoms. The van der Waals surface area contributed by atoms with Crippen LogP contribution in [0.1, 0.15) is 16.9 Å². The molecule has 1 aromatic heterocycles. The maximum absolute atomic E-state index is 12.2. The lowest BCUT2D eigenvalue weighted by molar-refractivity contribution is -0.384. The maximum atomic E-state index is 12.2. The van der Waals surface area contributed by atoms with E-state index in [2.05, 4.69) is 0 Å². The van der Waals surface area contributed by atoms with Crippen molar-refractivity contribution in [2.24, 2.45) is 13.0 Å². The van der Waals surface area contributed by atoms with Gasteiger partial charge in [0.05, 0.1) is 11.1 Å². The molecule has 0 saturated carbocycles. The molecular weight excluding hydrogens is 258 g/mol. The molecule has 0 aromatic carbocycles. The second-order valence-electron chi connectivity index (χ2n) is 4.51. The van der Waals surface area contributed by atoms with E-state index in [0.717, 1.165) is 6.42 Å². The Bertz CT molecular complexity index is 486. The average Bonchev–Trinajstić information content (AvgIpc) is 2.94. The highest BCUT2D eigenvalue weighted by Crippen LogP contribution is 2.22. The molecule has 1 unspecified atom stereocenters. The van der Waals surface area contributed by atoms with Gasteiger partial charge in [-0.15, -0.1) is 11.6 Å². The van der Waals surface area contributed by atoms with Gasteiger partial charge in [-0.25, -0.2) is 0 Å². The predicted octanol–water partition coefficient (Wildman–Crippen LogP) is 1.63. The van der Waals surface area contributed by atoms with Gasteiger partial charge >= 0.3 is 0 Å². The second kappa shape index (κ2) is 4.97. The largest absolute Gasteiger partial charge is 0.340 e. The van der Waals surface area contributed by atoms with E-state index in [-0.39, 0.29) is 11.6 Å². The fourth-order valence-electron chi connectivity index (χ4n) is 2.16. The number of aromatic nitrogens is 1. The molecule has 6 nitrogen and oxygen atoms in total. The number of halogens is 1. The molecule has 1 saturated heterocycles. The average molecular weight is 272 g/mol. The molecule has 7 heteroatoms. The van der Waals surface area contributed by atoms with Crippen LogP contribution in [0.4, 0.5) is 5.69 Å². The predicted molar refractivity (Wildman–Crippen MR) is 66.8 cm³/mol. The topological polar surface area (TPSA) is 68.4 Å². The Labute approximate surface area is 109 Å². The van der Waals surface area contributed by atoms with Crippen LogP contribution in [0.5, 0.6) is 0 Å². The van der Waals surface area contributed by atoms with Gasteiger partial charge in [-0.05, 0) is 12.3 Å². The number of hydrogen-bond acceptors (Lipinski definition) is 3. The molecule has 18 heavy (non-hydrogen) atoms. The lowest BCUT2D eigenvalue weighted by Crippen LogP contribution is -2.30. The first kappa shape index (κ1) is 12.9. The van der Waals surface area contributed by atoms with E-state index in [4.69, 9.17) is 11.6 Å². The van der Waals surface area contributed by atoms with Crippen LogP contribution in [0.15, 0.2) is 12.3 Å². The Morgan fingerprint density at radius 2 is 2.39 bits per heavy atom. The van der Waals surface area contributed by atoms with Crippen LogP contribution >= 0.6 is 11.6 Å². The van der Waals surface area contributed by atoms with Gasteiger partial charge in [-0.2, -0.15) is 0 Å². The van der Waals surface area contributed by atoms with Gasteiger partial charge < -0.3 is 9.47 Å². The van der Waals surface area contributed by atoms with Gasteiger partial charge in [0.2, 0.25) is 0 Å². The highest BCUT2D eigenvalue weighted by atomic mass is 35.5. The minimum absolute atomic E-state index is 0.0612. The van der Waals surface area contributed by atoms with E-state index in [1.807, 2.05) is 0 Å². The van der Waals surface area contributed by atoms with Crippen LogP contribution in [0.3, 0.4) is 0 Å². The van der Waals surface area contributed by atoms with E-state index < -0.39 is 4.92 Å². The molecule has 1 aliphatic rings. The lowest BCUT2D eigenvalue weighted by Gasteiger charge is -2.16. The number of nitro groups is 1. The highest BCUT2D eigenvalue weighted by molar-refractivity contribution is 6.18. The van der Waals surface area contributed by atoms with Gasteiger partial charge in [0, 0.05) is 32.1 Å². The first-order chi connectivity index (χ1) is 8.52. The third-order valence-corrected chi connectivity index (χ3v) is 3.65. The number of aryl methyl sites for hydroxylation is 1. The molecule has 0 N–H and O–H groups in total. The van der Waals surface area contributed by atoms with Gasteiger partial charge in [0.1, 0.15) is 5.69 Å². The Hall–Kier alpha value is -1.56. The quantitative estimate of drug-likeness (QED) is 0.477. The summed E-state index contributed by atoms with van der Waals surface area (Å²) >= 11 is 5.77. The molecule has 1 aliphatic heterocycles. The summed E-state index contributed by atoms with van der Waals surface area (Å²) in [5.41, 5.74) is 0.283. The van der Waals surface area contributed by atoms with Crippen LogP contribution in [-0.4, -0.2) is 39.3 Å². The first-order valence-electron chi connectivity index (χ1n) is 5.69. The zero-order valence-electron chi connectivity index (χ0n) is 10.0. The van der Waals surface area contributed by atoms with Crippen LogP contribution in [0.2, 0.25) is 0 Å². The van der Waals surface area contributed by atoms with Gasteiger partial charge in [0.25, 0.3) is 11.6 Å². The van der Waals surface area contributed by atoms with Crippen molar-refractivity contribution >= 4 is 23.2 Å². The summed E-state index contributed by atoms with van der Waals surface area (Å²) in [4.78, 5) is 24.1. The van der Waals surface area contributed by atoms with Crippen LogP contribution in [0, 0.1) is 16.0 Å². The summed E-state index contributed by atoms with van der Waals surface area (Å²) < 4.78 is 1.49. The number of nitrogens with zero attached hydrogens (tertiary/aromatic N) is 3. The molecule has 0 aliphatic carbocycles. The molecule has 2 rings (SSSR count). The van der Waals surface area contributed by atoms with Crippen molar-refractivity contribution in [2.45, 2.75) is 6.42 Å². The van der Waals surface area contributed by atoms with Crippen molar-refractivity contribution in [1.82, 2.24) is 9.47 Å². The van der Waals surface area contributed by atoms with Crippen LogP contribution in [-0.2, 0) is 7.05 Å². The number of likely N-dealkylation sites (tertiary alicyclic amines) is 1. The smallest absolute Gasteiger partial charge is 0.287 e. The van der Waals surface area contributed by atoms with E-state index in [9.17, 15) is 14.9 Å². The summed E-state index contributed by atoms with van der Waals surface area (Å²) in [6.07, 6.45) is 2.24. The number of hydrogen-bond donors (Lipinski definition) is 0. The summed E-state index contributed by atoms with van der Waals surface area (Å²) in [7, 11) is 1.63. The number of carbonyl (C=O) groups excluding carboxylic acids is 1. The van der Waals surface area contributed by atoms with E-state index in [1.165, 1.54) is 16.8 Å². The van der Waals surface area contributed by atoms with Crippen molar-refractivity contribution in [3.8, 4) is 0 Å². The fraction of sp³-hybridized carbons (Fsp3) is 0.545. The van der Waals surface area contributed by atoms with Crippen molar-refractivity contribution in [3.05, 3.63) is 28.1 Å². The number of amides is 1. The van der Waals surface area contributed by atoms with Crippen LogP contribution in [0.25, 0.3) is 0 Å². The Kier molecular flexibility index (Phi) is 3.56. The fourth-order valence-corrected chi connectivity index (χ4v) is 2.42. The van der Waals surface area contributed by atoms with Gasteiger partial charge in [-0.1, -0.05) is 0 Å². The lowest BCUT2D eigenvalue weighted by atomic mass is 10.2. The monoisotopic (exact) mass is 271 g/mol.